The van der Waals surface area contributed by atoms with Crippen molar-refractivity contribution in [1.29, 1.82) is 0 Å². The van der Waals surface area contributed by atoms with Gasteiger partial charge in [-0.15, -0.1) is 0 Å². The molecule has 0 aromatic heterocycles. The van der Waals surface area contributed by atoms with Crippen molar-refractivity contribution < 1.29 is 23.5 Å². The van der Waals surface area contributed by atoms with Gasteiger partial charge >= 0.3 is 6.03 Å². The molecule has 4 rings (SSSR count). The van der Waals surface area contributed by atoms with Crippen molar-refractivity contribution in [2.75, 3.05) is 24.6 Å². The monoisotopic (exact) mass is 347 g/mol. The van der Waals surface area contributed by atoms with E-state index < -0.39 is 23.3 Å². The Bertz CT molecular complexity index is 779. The summed E-state index contributed by atoms with van der Waals surface area (Å²) in [6.07, 6.45) is 1.79. The lowest BCUT2D eigenvalue weighted by Crippen LogP contribution is -2.48. The van der Waals surface area contributed by atoms with Crippen molar-refractivity contribution in [2.45, 2.75) is 25.3 Å². The van der Waals surface area contributed by atoms with E-state index in [0.29, 0.717) is 5.69 Å². The maximum absolute atomic E-state index is 13.3. The zero-order valence-corrected chi connectivity index (χ0v) is 13.8. The zero-order valence-electron chi connectivity index (χ0n) is 13.8. The number of nitrogens with zero attached hydrogens (tertiary/aromatic N) is 2. The Hall–Kier alpha value is -2.64. The number of urea groups is 1. The number of amides is 4. The number of nitrogens with one attached hydrogen (secondary N) is 1. The Labute approximate surface area is 143 Å². The SMILES string of the molecule is CC1(C2CC2)NC(=O)N(CC(=O)N2CCOc3cc(F)ccc32)C1=O. The van der Waals surface area contributed by atoms with Crippen molar-refractivity contribution in [3.05, 3.63) is 24.0 Å². The molecule has 2 aliphatic heterocycles. The first-order chi connectivity index (χ1) is 11.9. The van der Waals surface area contributed by atoms with Crippen LogP contribution < -0.4 is 15.0 Å². The summed E-state index contributed by atoms with van der Waals surface area (Å²) in [4.78, 5) is 39.9. The molecular weight excluding hydrogens is 329 g/mol. The van der Waals surface area contributed by atoms with Crippen LogP contribution in [0.25, 0.3) is 0 Å². The number of fused-ring (bicyclic) bond motifs is 1. The van der Waals surface area contributed by atoms with E-state index in [1.807, 2.05) is 0 Å². The smallest absolute Gasteiger partial charge is 0.325 e. The third-order valence-corrected chi connectivity index (χ3v) is 5.07. The fourth-order valence-electron chi connectivity index (χ4n) is 3.47. The molecule has 2 fully saturated rings. The van der Waals surface area contributed by atoms with Crippen LogP contribution in [0.3, 0.4) is 0 Å². The summed E-state index contributed by atoms with van der Waals surface area (Å²) < 4.78 is 18.7. The molecule has 1 unspecified atom stereocenters. The van der Waals surface area contributed by atoms with Crippen LogP contribution in [0.15, 0.2) is 18.2 Å². The van der Waals surface area contributed by atoms with Gasteiger partial charge in [0.05, 0.1) is 12.2 Å². The Balaban J connectivity index is 1.53. The van der Waals surface area contributed by atoms with Crippen molar-refractivity contribution in [2.24, 2.45) is 5.92 Å². The fraction of sp³-hybridized carbons (Fsp3) is 0.471. The van der Waals surface area contributed by atoms with Crippen molar-refractivity contribution in [3.63, 3.8) is 0 Å². The van der Waals surface area contributed by atoms with E-state index in [1.165, 1.54) is 23.1 Å². The number of hydrogen-bond acceptors (Lipinski definition) is 4. The number of benzene rings is 1. The number of imide groups is 1. The van der Waals surface area contributed by atoms with Gasteiger partial charge in [0.2, 0.25) is 5.91 Å². The number of hydrogen-bond donors (Lipinski definition) is 1. The predicted octanol–water partition coefficient (Wildman–Crippen LogP) is 1.27. The van der Waals surface area contributed by atoms with E-state index in [4.69, 9.17) is 4.74 Å². The maximum Gasteiger partial charge on any atom is 0.325 e. The molecule has 1 saturated heterocycles. The summed E-state index contributed by atoms with van der Waals surface area (Å²) in [6, 6.07) is 3.38. The van der Waals surface area contributed by atoms with Crippen molar-refractivity contribution in [3.8, 4) is 5.75 Å². The number of rotatable bonds is 3. The zero-order chi connectivity index (χ0) is 17.8. The second kappa shape index (κ2) is 5.44. The summed E-state index contributed by atoms with van der Waals surface area (Å²) in [7, 11) is 0. The lowest BCUT2D eigenvalue weighted by atomic mass is 9.96. The number of carbonyl (C=O) groups is 3. The molecule has 4 amide bonds. The molecule has 0 radical (unpaired) electrons. The Morgan fingerprint density at radius 3 is 2.88 bits per heavy atom. The van der Waals surface area contributed by atoms with Gasteiger partial charge in [0.25, 0.3) is 5.91 Å². The minimum Gasteiger partial charge on any atom is -0.489 e. The Morgan fingerprint density at radius 1 is 1.40 bits per heavy atom. The van der Waals surface area contributed by atoms with Crippen LogP contribution in [0.2, 0.25) is 0 Å². The van der Waals surface area contributed by atoms with Crippen LogP contribution in [-0.2, 0) is 9.59 Å². The first-order valence-corrected chi connectivity index (χ1v) is 8.27. The molecule has 1 saturated carbocycles. The second-order valence-corrected chi connectivity index (χ2v) is 6.80. The van der Waals surface area contributed by atoms with Crippen LogP contribution >= 0.6 is 0 Å². The molecule has 1 aromatic carbocycles. The summed E-state index contributed by atoms with van der Waals surface area (Å²) in [5, 5.41) is 2.72. The highest BCUT2D eigenvalue weighted by molar-refractivity contribution is 6.10. The predicted molar refractivity (Wildman–Crippen MR) is 85.6 cm³/mol. The largest absolute Gasteiger partial charge is 0.489 e. The molecular formula is C17H18FN3O4. The lowest BCUT2D eigenvalue weighted by Gasteiger charge is -2.30. The van der Waals surface area contributed by atoms with Gasteiger partial charge in [-0.05, 0) is 37.8 Å². The van der Waals surface area contributed by atoms with Crippen molar-refractivity contribution >= 4 is 23.5 Å². The molecule has 0 spiro atoms. The van der Waals surface area contributed by atoms with Crippen LogP contribution in [0, 0.1) is 11.7 Å². The third kappa shape index (κ3) is 2.52. The highest BCUT2D eigenvalue weighted by atomic mass is 19.1. The molecule has 3 aliphatic rings. The van der Waals surface area contributed by atoms with E-state index in [1.54, 1.807) is 6.92 Å². The molecule has 2 heterocycles. The van der Waals surface area contributed by atoms with Gasteiger partial charge in [-0.25, -0.2) is 9.18 Å². The molecule has 1 aromatic rings. The Kier molecular flexibility index (Phi) is 3.45. The molecule has 1 atom stereocenters. The van der Waals surface area contributed by atoms with E-state index in [-0.39, 0.29) is 37.3 Å². The average Bonchev–Trinajstić information content (AvgIpc) is 3.40. The van der Waals surface area contributed by atoms with Gasteiger partial charge in [0.1, 0.15) is 30.3 Å². The second-order valence-electron chi connectivity index (χ2n) is 6.80. The normalized spacial score (nSPS) is 25.5. The number of ether oxygens (including phenoxy) is 1. The topological polar surface area (TPSA) is 79.0 Å². The minimum absolute atomic E-state index is 0.135. The third-order valence-electron chi connectivity index (χ3n) is 5.07. The standard InChI is InChI=1S/C17H18FN3O4/c1-17(10-2-3-10)15(23)21(16(24)19-17)9-14(22)20-6-7-25-13-8-11(18)4-5-12(13)20/h4-5,8,10H,2-3,6-7,9H2,1H3,(H,19,24). The Morgan fingerprint density at radius 2 is 2.16 bits per heavy atom. The van der Waals surface area contributed by atoms with E-state index in [2.05, 4.69) is 5.32 Å². The maximum atomic E-state index is 13.3. The van der Waals surface area contributed by atoms with Crippen LogP contribution in [0.5, 0.6) is 5.75 Å². The first-order valence-electron chi connectivity index (χ1n) is 8.27. The minimum atomic E-state index is -0.913. The summed E-state index contributed by atoms with van der Waals surface area (Å²) in [6.45, 7) is 1.87. The van der Waals surface area contributed by atoms with Gasteiger partial charge in [0, 0.05) is 6.07 Å². The van der Waals surface area contributed by atoms with E-state index >= 15 is 0 Å². The van der Waals surface area contributed by atoms with Gasteiger partial charge in [-0.2, -0.15) is 0 Å². The van der Waals surface area contributed by atoms with E-state index in [9.17, 15) is 18.8 Å². The molecule has 0 bridgehead atoms. The van der Waals surface area contributed by atoms with Crippen molar-refractivity contribution in [1.82, 2.24) is 10.2 Å². The van der Waals surface area contributed by atoms with Gasteiger partial charge in [-0.3, -0.25) is 14.5 Å². The molecule has 7 nitrogen and oxygen atoms in total. The molecule has 1 N–H and O–H groups in total. The number of anilines is 1. The van der Waals surface area contributed by atoms with Crippen LogP contribution in [-0.4, -0.2) is 48.0 Å². The average molecular weight is 347 g/mol. The number of carbonyl (C=O) groups excluding carboxylic acids is 3. The fourth-order valence-corrected chi connectivity index (χ4v) is 3.47. The lowest BCUT2D eigenvalue weighted by molar-refractivity contribution is -0.134. The highest BCUT2D eigenvalue weighted by Gasteiger charge is 2.56. The van der Waals surface area contributed by atoms with Gasteiger partial charge in [0.15, 0.2) is 0 Å². The first kappa shape index (κ1) is 15.9. The van der Waals surface area contributed by atoms with Gasteiger partial charge in [-0.1, -0.05) is 0 Å². The van der Waals surface area contributed by atoms with Gasteiger partial charge < -0.3 is 15.0 Å². The molecule has 8 heteroatoms. The highest BCUT2D eigenvalue weighted by Crippen LogP contribution is 2.42. The number of halogens is 1. The summed E-state index contributed by atoms with van der Waals surface area (Å²) >= 11 is 0. The molecule has 1 aliphatic carbocycles. The van der Waals surface area contributed by atoms with Crippen LogP contribution in [0.1, 0.15) is 19.8 Å². The van der Waals surface area contributed by atoms with E-state index in [0.717, 1.165) is 17.7 Å². The molecule has 25 heavy (non-hydrogen) atoms. The molecule has 132 valence electrons. The van der Waals surface area contributed by atoms with Crippen LogP contribution in [0.4, 0.5) is 14.9 Å². The summed E-state index contributed by atoms with van der Waals surface area (Å²) in [5.41, 5.74) is -0.474. The quantitative estimate of drug-likeness (QED) is 0.835. The summed E-state index contributed by atoms with van der Waals surface area (Å²) in [5.74, 6) is -0.807.